The maximum atomic E-state index is 12.7. The maximum Gasteiger partial charge on any atom is 0.266 e. The van der Waals surface area contributed by atoms with Crippen LogP contribution in [0.4, 0.5) is 5.69 Å². The van der Waals surface area contributed by atoms with Gasteiger partial charge in [0.05, 0.1) is 37.4 Å². The first kappa shape index (κ1) is 27.0. The summed E-state index contributed by atoms with van der Waals surface area (Å²) in [6.45, 7) is 2.31. The van der Waals surface area contributed by atoms with Crippen LogP contribution in [0.2, 0.25) is 25.1 Å². The van der Waals surface area contributed by atoms with Crippen molar-refractivity contribution in [3.05, 3.63) is 90.3 Å². The quantitative estimate of drug-likeness (QED) is 0.218. The average Bonchev–Trinajstić information content (AvgIpc) is 2.82. The fourth-order valence-electron chi connectivity index (χ4n) is 2.96. The third-order valence-corrected chi connectivity index (χ3v) is 6.41. The van der Waals surface area contributed by atoms with E-state index in [9.17, 15) is 10.1 Å². The molecule has 5 nitrogen and oxygen atoms in total. The van der Waals surface area contributed by atoms with E-state index < -0.39 is 5.91 Å². The van der Waals surface area contributed by atoms with Crippen LogP contribution < -0.4 is 14.8 Å². The second-order valence-electron chi connectivity index (χ2n) is 7.03. The zero-order chi connectivity index (χ0) is 25.5. The molecule has 0 bridgehead atoms. The van der Waals surface area contributed by atoms with Crippen LogP contribution in [0.15, 0.2) is 54.1 Å². The van der Waals surface area contributed by atoms with Crippen LogP contribution >= 0.6 is 58.0 Å². The Labute approximate surface area is 227 Å². The van der Waals surface area contributed by atoms with Crippen LogP contribution in [-0.2, 0) is 11.4 Å². The zero-order valence-electron chi connectivity index (χ0n) is 18.2. The van der Waals surface area contributed by atoms with Gasteiger partial charge in [0, 0.05) is 0 Å². The van der Waals surface area contributed by atoms with E-state index in [1.807, 2.05) is 13.0 Å². The van der Waals surface area contributed by atoms with Crippen molar-refractivity contribution in [2.45, 2.75) is 13.5 Å². The molecule has 0 aliphatic heterocycles. The topological polar surface area (TPSA) is 71.3 Å². The van der Waals surface area contributed by atoms with Crippen molar-refractivity contribution in [3.8, 4) is 17.6 Å². The van der Waals surface area contributed by atoms with E-state index in [0.717, 1.165) is 5.56 Å². The smallest absolute Gasteiger partial charge is 0.266 e. The normalized spacial score (nSPS) is 11.1. The summed E-state index contributed by atoms with van der Waals surface area (Å²) in [5, 5.41) is 13.7. The summed E-state index contributed by atoms with van der Waals surface area (Å²) in [5.41, 5.74) is 1.35. The van der Waals surface area contributed by atoms with E-state index in [-0.39, 0.29) is 32.9 Å². The van der Waals surface area contributed by atoms with E-state index in [1.165, 1.54) is 6.08 Å². The van der Waals surface area contributed by atoms with Crippen molar-refractivity contribution >= 4 is 75.7 Å². The molecule has 0 fully saturated rings. The summed E-state index contributed by atoms with van der Waals surface area (Å²) >= 11 is 30.6. The number of carbonyl (C=O) groups is 1. The van der Waals surface area contributed by atoms with Gasteiger partial charge in [-0.05, 0) is 60.5 Å². The molecule has 35 heavy (non-hydrogen) atoms. The molecule has 0 radical (unpaired) electrons. The molecule has 0 aliphatic carbocycles. The zero-order valence-corrected chi connectivity index (χ0v) is 22.0. The summed E-state index contributed by atoms with van der Waals surface area (Å²) in [5.74, 6) is -0.00186. The minimum atomic E-state index is -0.661. The third-order valence-electron chi connectivity index (χ3n) is 4.57. The molecule has 0 saturated carbocycles. The Morgan fingerprint density at radius 2 is 1.74 bits per heavy atom. The Balaban J connectivity index is 1.86. The first-order valence-electron chi connectivity index (χ1n) is 10.1. The number of hydrogen-bond acceptors (Lipinski definition) is 4. The molecule has 10 heteroatoms. The summed E-state index contributed by atoms with van der Waals surface area (Å²) in [6, 6.07) is 15.0. The SMILES string of the molecule is CCOc1cc(/C=C(/C#N)C(=O)Nc2cccc(Cl)c2Cl)cc(Cl)c1OCc1ccc(Cl)c(Cl)c1. The van der Waals surface area contributed by atoms with Crippen LogP contribution in [-0.4, -0.2) is 12.5 Å². The lowest BCUT2D eigenvalue weighted by atomic mass is 10.1. The molecule has 3 rings (SSSR count). The van der Waals surface area contributed by atoms with Crippen molar-refractivity contribution in [2.24, 2.45) is 0 Å². The summed E-state index contributed by atoms with van der Waals surface area (Å²) < 4.78 is 11.6. The molecule has 0 heterocycles. The monoisotopic (exact) mass is 568 g/mol. The Morgan fingerprint density at radius 3 is 2.43 bits per heavy atom. The van der Waals surface area contributed by atoms with Gasteiger partial charge in [0.15, 0.2) is 11.5 Å². The number of anilines is 1. The lowest BCUT2D eigenvalue weighted by Crippen LogP contribution is -2.13. The molecular weight excluding hydrogens is 554 g/mol. The number of nitrogens with one attached hydrogen (secondary N) is 1. The van der Waals surface area contributed by atoms with E-state index in [1.54, 1.807) is 48.5 Å². The molecule has 1 N–H and O–H groups in total. The van der Waals surface area contributed by atoms with Crippen molar-refractivity contribution in [1.29, 1.82) is 5.26 Å². The van der Waals surface area contributed by atoms with E-state index in [2.05, 4.69) is 5.32 Å². The first-order chi connectivity index (χ1) is 16.7. The predicted octanol–water partition coefficient (Wildman–Crippen LogP) is 8.48. The molecule has 3 aromatic rings. The minimum absolute atomic E-state index is 0.165. The number of amides is 1. The van der Waals surface area contributed by atoms with Gasteiger partial charge in [-0.15, -0.1) is 0 Å². The molecule has 180 valence electrons. The standard InChI is InChI=1S/C25H17Cl5N2O3/c1-2-34-22-11-15(8-16(12-31)25(33)32-21-5-3-4-18(27)23(21)30)10-20(29)24(22)35-13-14-6-7-17(26)19(28)9-14/h3-11H,2,13H2,1H3,(H,32,33)/b16-8-. The van der Waals surface area contributed by atoms with Gasteiger partial charge in [-0.1, -0.05) is 70.1 Å². The van der Waals surface area contributed by atoms with Crippen LogP contribution in [0, 0.1) is 11.3 Å². The highest BCUT2D eigenvalue weighted by atomic mass is 35.5. The maximum absolute atomic E-state index is 12.7. The van der Waals surface area contributed by atoms with Crippen molar-refractivity contribution in [3.63, 3.8) is 0 Å². The van der Waals surface area contributed by atoms with Gasteiger partial charge < -0.3 is 14.8 Å². The largest absolute Gasteiger partial charge is 0.490 e. The number of halogens is 5. The Bertz CT molecular complexity index is 1340. The first-order valence-corrected chi connectivity index (χ1v) is 12.0. The van der Waals surface area contributed by atoms with Gasteiger partial charge in [0.25, 0.3) is 5.91 Å². The van der Waals surface area contributed by atoms with Gasteiger partial charge in [-0.2, -0.15) is 5.26 Å². The van der Waals surface area contributed by atoms with Crippen molar-refractivity contribution < 1.29 is 14.3 Å². The van der Waals surface area contributed by atoms with Gasteiger partial charge in [-0.25, -0.2) is 0 Å². The van der Waals surface area contributed by atoms with Crippen LogP contribution in [0.25, 0.3) is 6.08 Å². The predicted molar refractivity (Wildman–Crippen MR) is 142 cm³/mol. The summed E-state index contributed by atoms with van der Waals surface area (Å²) in [7, 11) is 0. The van der Waals surface area contributed by atoms with Crippen molar-refractivity contribution in [1.82, 2.24) is 0 Å². The second-order valence-corrected chi connectivity index (χ2v) is 9.03. The molecule has 0 aromatic heterocycles. The average molecular weight is 571 g/mol. The van der Waals surface area contributed by atoms with Gasteiger partial charge in [0.2, 0.25) is 0 Å². The highest BCUT2D eigenvalue weighted by Crippen LogP contribution is 2.38. The van der Waals surface area contributed by atoms with Gasteiger partial charge >= 0.3 is 0 Å². The molecule has 3 aromatic carbocycles. The van der Waals surface area contributed by atoms with E-state index in [0.29, 0.717) is 33.7 Å². The van der Waals surface area contributed by atoms with Crippen molar-refractivity contribution in [2.75, 3.05) is 11.9 Å². The van der Waals surface area contributed by atoms with Crippen LogP contribution in [0.3, 0.4) is 0 Å². The Kier molecular flexibility index (Phi) is 9.56. The molecule has 0 saturated heterocycles. The number of benzene rings is 3. The number of hydrogen-bond donors (Lipinski definition) is 1. The fourth-order valence-corrected chi connectivity index (χ4v) is 3.91. The number of ether oxygens (including phenoxy) is 2. The summed E-state index contributed by atoms with van der Waals surface area (Å²) in [6.07, 6.45) is 1.38. The Morgan fingerprint density at radius 1 is 0.971 bits per heavy atom. The lowest BCUT2D eigenvalue weighted by Gasteiger charge is -2.15. The second kappa shape index (κ2) is 12.4. The molecule has 0 atom stereocenters. The minimum Gasteiger partial charge on any atom is -0.490 e. The van der Waals surface area contributed by atoms with E-state index in [4.69, 9.17) is 67.5 Å². The highest BCUT2D eigenvalue weighted by molar-refractivity contribution is 6.44. The molecule has 0 aliphatic rings. The number of rotatable bonds is 8. The van der Waals surface area contributed by atoms with Gasteiger partial charge in [-0.3, -0.25) is 4.79 Å². The van der Waals surface area contributed by atoms with Crippen LogP contribution in [0.1, 0.15) is 18.1 Å². The fraction of sp³-hybridized carbons (Fsp3) is 0.120. The molecule has 0 spiro atoms. The number of nitriles is 1. The Hall–Kier alpha value is -2.59. The molecular formula is C25H17Cl5N2O3. The van der Waals surface area contributed by atoms with E-state index >= 15 is 0 Å². The number of nitrogens with zero attached hydrogens (tertiary/aromatic N) is 1. The molecule has 0 unspecified atom stereocenters. The highest BCUT2D eigenvalue weighted by Gasteiger charge is 2.16. The van der Waals surface area contributed by atoms with Crippen LogP contribution in [0.5, 0.6) is 11.5 Å². The number of carbonyl (C=O) groups excluding carboxylic acids is 1. The lowest BCUT2D eigenvalue weighted by molar-refractivity contribution is -0.112. The third kappa shape index (κ3) is 6.98. The van der Waals surface area contributed by atoms with Gasteiger partial charge in [0.1, 0.15) is 18.2 Å². The molecule has 1 amide bonds. The summed E-state index contributed by atoms with van der Waals surface area (Å²) in [4.78, 5) is 12.7.